The van der Waals surface area contributed by atoms with Gasteiger partial charge in [0.1, 0.15) is 0 Å². The van der Waals surface area contributed by atoms with Gasteiger partial charge in [0.15, 0.2) is 0 Å². The molecule has 2 aromatic rings. The van der Waals surface area contributed by atoms with Gasteiger partial charge in [-0.15, -0.1) is 0 Å². The highest BCUT2D eigenvalue weighted by Gasteiger charge is 2.18. The minimum absolute atomic E-state index is 0.193. The van der Waals surface area contributed by atoms with E-state index in [0.717, 1.165) is 31.6 Å². The van der Waals surface area contributed by atoms with Crippen LogP contribution < -0.4 is 10.0 Å². The number of anilines is 1. The number of piperidine rings is 1. The second-order valence-electron chi connectivity index (χ2n) is 7.97. The third kappa shape index (κ3) is 6.06. The van der Waals surface area contributed by atoms with Crippen LogP contribution in [0.25, 0.3) is 0 Å². The first-order chi connectivity index (χ1) is 14.3. The standard InChI is InChI=1S/C23H31N3O3S/c1-18-10-11-19(2)22(16-18)30(28,29)25-21-9-6-8-20(17-21)23(27)24-12-7-15-26-13-4-3-5-14-26/h6,8-11,16-17,25H,3-5,7,12-15H2,1-2H3,(H,24,27). The first-order valence-corrected chi connectivity index (χ1v) is 12.0. The highest BCUT2D eigenvalue weighted by molar-refractivity contribution is 7.92. The summed E-state index contributed by atoms with van der Waals surface area (Å²) >= 11 is 0. The van der Waals surface area contributed by atoms with Crippen molar-refractivity contribution < 1.29 is 13.2 Å². The maximum atomic E-state index is 12.8. The minimum atomic E-state index is -3.73. The molecular weight excluding hydrogens is 398 g/mol. The third-order valence-corrected chi connectivity index (χ3v) is 6.92. The van der Waals surface area contributed by atoms with Gasteiger partial charge in [0.25, 0.3) is 15.9 Å². The molecule has 0 bridgehead atoms. The number of carbonyl (C=O) groups is 1. The molecule has 3 rings (SSSR count). The zero-order chi connectivity index (χ0) is 21.6. The molecule has 2 N–H and O–H groups in total. The Morgan fingerprint density at radius 2 is 1.80 bits per heavy atom. The number of sulfonamides is 1. The van der Waals surface area contributed by atoms with Crippen LogP contribution in [0.15, 0.2) is 47.4 Å². The normalized spacial score (nSPS) is 15.0. The van der Waals surface area contributed by atoms with Gasteiger partial charge in [0.2, 0.25) is 0 Å². The summed E-state index contributed by atoms with van der Waals surface area (Å²) in [6.45, 7) is 7.52. The lowest BCUT2D eigenvalue weighted by molar-refractivity contribution is 0.0951. The first-order valence-electron chi connectivity index (χ1n) is 10.6. The molecule has 6 nitrogen and oxygen atoms in total. The second-order valence-corrected chi connectivity index (χ2v) is 9.62. The summed E-state index contributed by atoms with van der Waals surface area (Å²) in [4.78, 5) is 15.2. The monoisotopic (exact) mass is 429 g/mol. The second kappa shape index (κ2) is 10.1. The Morgan fingerprint density at radius 1 is 1.03 bits per heavy atom. The Kier molecular flexibility index (Phi) is 7.50. The molecule has 0 saturated carbocycles. The highest BCUT2D eigenvalue weighted by atomic mass is 32.2. The summed E-state index contributed by atoms with van der Waals surface area (Å²) in [5, 5.41) is 2.93. The van der Waals surface area contributed by atoms with Crippen LogP contribution >= 0.6 is 0 Å². The van der Waals surface area contributed by atoms with Gasteiger partial charge >= 0.3 is 0 Å². The summed E-state index contributed by atoms with van der Waals surface area (Å²) in [5.41, 5.74) is 2.36. The molecule has 162 valence electrons. The highest BCUT2D eigenvalue weighted by Crippen LogP contribution is 2.21. The number of likely N-dealkylation sites (tertiary alicyclic amines) is 1. The van der Waals surface area contributed by atoms with Gasteiger partial charge in [-0.25, -0.2) is 8.42 Å². The van der Waals surface area contributed by atoms with Crippen molar-refractivity contribution in [3.05, 3.63) is 59.2 Å². The van der Waals surface area contributed by atoms with E-state index in [1.807, 2.05) is 13.0 Å². The number of nitrogens with one attached hydrogen (secondary N) is 2. The number of hydrogen-bond acceptors (Lipinski definition) is 4. The van der Waals surface area contributed by atoms with Crippen LogP contribution in [-0.4, -0.2) is 45.4 Å². The zero-order valence-corrected chi connectivity index (χ0v) is 18.6. The Morgan fingerprint density at radius 3 is 2.57 bits per heavy atom. The maximum Gasteiger partial charge on any atom is 0.262 e. The molecule has 0 atom stereocenters. The van der Waals surface area contributed by atoms with Gasteiger partial charge in [-0.3, -0.25) is 9.52 Å². The van der Waals surface area contributed by atoms with Gasteiger partial charge in [-0.2, -0.15) is 0 Å². The lowest BCUT2D eigenvalue weighted by Crippen LogP contribution is -2.33. The van der Waals surface area contributed by atoms with E-state index in [1.54, 1.807) is 43.3 Å². The molecule has 1 amide bonds. The molecule has 7 heteroatoms. The maximum absolute atomic E-state index is 12.8. The molecule has 30 heavy (non-hydrogen) atoms. The summed E-state index contributed by atoms with van der Waals surface area (Å²) in [5.74, 6) is -0.193. The average Bonchev–Trinajstić information content (AvgIpc) is 2.73. The predicted octanol–water partition coefficient (Wildman–Crippen LogP) is 3.71. The van der Waals surface area contributed by atoms with Gasteiger partial charge in [-0.05, 0) is 88.1 Å². The molecule has 1 aliphatic rings. The van der Waals surface area contributed by atoms with Crippen molar-refractivity contribution in [2.24, 2.45) is 0 Å². The molecular formula is C23H31N3O3S. The Hall–Kier alpha value is -2.38. The number of aryl methyl sites for hydroxylation is 2. The summed E-state index contributed by atoms with van der Waals surface area (Å²) in [6, 6.07) is 11.9. The zero-order valence-electron chi connectivity index (χ0n) is 17.8. The first kappa shape index (κ1) is 22.3. The Labute approximate surface area is 179 Å². The number of rotatable bonds is 8. The SMILES string of the molecule is Cc1ccc(C)c(S(=O)(=O)Nc2cccc(C(=O)NCCCN3CCCCC3)c2)c1. The van der Waals surface area contributed by atoms with Gasteiger partial charge < -0.3 is 10.2 Å². The van der Waals surface area contributed by atoms with Crippen LogP contribution in [0.2, 0.25) is 0 Å². The van der Waals surface area contributed by atoms with E-state index in [2.05, 4.69) is 14.9 Å². The van der Waals surface area contributed by atoms with Crippen molar-refractivity contribution in [1.82, 2.24) is 10.2 Å². The van der Waals surface area contributed by atoms with Gasteiger partial charge in [-0.1, -0.05) is 24.6 Å². The van der Waals surface area contributed by atoms with Crippen LogP contribution in [0.5, 0.6) is 0 Å². The fourth-order valence-corrected chi connectivity index (χ4v) is 5.10. The fourth-order valence-electron chi connectivity index (χ4n) is 3.72. The smallest absolute Gasteiger partial charge is 0.262 e. The number of carbonyl (C=O) groups excluding carboxylic acids is 1. The van der Waals surface area contributed by atoms with E-state index in [-0.39, 0.29) is 10.8 Å². The predicted molar refractivity (Wildman–Crippen MR) is 120 cm³/mol. The van der Waals surface area contributed by atoms with E-state index in [9.17, 15) is 13.2 Å². The molecule has 1 heterocycles. The average molecular weight is 430 g/mol. The Bertz CT molecular complexity index is 983. The molecule has 0 spiro atoms. The van der Waals surface area contributed by atoms with Crippen LogP contribution in [0, 0.1) is 13.8 Å². The topological polar surface area (TPSA) is 78.5 Å². The lowest BCUT2D eigenvalue weighted by Gasteiger charge is -2.26. The molecule has 0 aromatic heterocycles. The lowest BCUT2D eigenvalue weighted by atomic mass is 10.1. The summed E-state index contributed by atoms with van der Waals surface area (Å²) in [6.07, 6.45) is 4.75. The third-order valence-electron chi connectivity index (χ3n) is 5.40. The van der Waals surface area contributed by atoms with Crippen LogP contribution in [0.3, 0.4) is 0 Å². The van der Waals surface area contributed by atoms with E-state index >= 15 is 0 Å². The van der Waals surface area contributed by atoms with Gasteiger partial charge in [0, 0.05) is 17.8 Å². The fraction of sp³-hybridized carbons (Fsp3) is 0.435. The molecule has 2 aromatic carbocycles. The number of hydrogen-bond donors (Lipinski definition) is 2. The van der Waals surface area contributed by atoms with Crippen molar-refractivity contribution in [3.8, 4) is 0 Å². The number of amides is 1. The van der Waals surface area contributed by atoms with Crippen molar-refractivity contribution in [3.63, 3.8) is 0 Å². The molecule has 1 saturated heterocycles. The van der Waals surface area contributed by atoms with E-state index in [0.29, 0.717) is 23.4 Å². The van der Waals surface area contributed by atoms with Crippen LogP contribution in [-0.2, 0) is 10.0 Å². The van der Waals surface area contributed by atoms with Crippen molar-refractivity contribution in [2.75, 3.05) is 30.9 Å². The van der Waals surface area contributed by atoms with E-state index < -0.39 is 10.0 Å². The molecule has 0 radical (unpaired) electrons. The quantitative estimate of drug-likeness (QED) is 0.627. The van der Waals surface area contributed by atoms with Crippen molar-refractivity contribution >= 4 is 21.6 Å². The number of nitrogens with zero attached hydrogens (tertiary/aromatic N) is 1. The van der Waals surface area contributed by atoms with Crippen LogP contribution in [0.1, 0.15) is 47.2 Å². The van der Waals surface area contributed by atoms with Gasteiger partial charge in [0.05, 0.1) is 4.90 Å². The summed E-state index contributed by atoms with van der Waals surface area (Å²) < 4.78 is 28.2. The summed E-state index contributed by atoms with van der Waals surface area (Å²) in [7, 11) is -3.73. The Balaban J connectivity index is 1.58. The number of benzene rings is 2. The molecule has 1 fully saturated rings. The molecule has 0 unspecified atom stereocenters. The van der Waals surface area contributed by atoms with Crippen LogP contribution in [0.4, 0.5) is 5.69 Å². The van der Waals surface area contributed by atoms with Crippen molar-refractivity contribution in [1.29, 1.82) is 0 Å². The largest absolute Gasteiger partial charge is 0.352 e. The molecule has 0 aliphatic carbocycles. The van der Waals surface area contributed by atoms with E-state index in [4.69, 9.17) is 0 Å². The van der Waals surface area contributed by atoms with Crippen molar-refractivity contribution in [2.45, 2.75) is 44.4 Å². The van der Waals surface area contributed by atoms with E-state index in [1.165, 1.54) is 19.3 Å². The molecule has 1 aliphatic heterocycles. The minimum Gasteiger partial charge on any atom is -0.352 e.